The molecule has 0 aliphatic carbocycles. The fraction of sp³-hybridized carbons (Fsp3) is 0.538. The average Bonchev–Trinajstić information content (AvgIpc) is 2.83. The predicted molar refractivity (Wildman–Crippen MR) is 68.9 cm³/mol. The van der Waals surface area contributed by atoms with E-state index < -0.39 is 0 Å². The molecule has 1 saturated heterocycles. The van der Waals surface area contributed by atoms with E-state index in [1.54, 1.807) is 0 Å². The standard InChI is InChI=1S/C13H19BNO/c1-14-12-4-6-13(7-5-12)16-11-10-15-8-2-3-9-15/h4-7H,2-3,8-11H2,1H3. The summed E-state index contributed by atoms with van der Waals surface area (Å²) in [6.45, 7) is 6.39. The fourth-order valence-corrected chi connectivity index (χ4v) is 2.06. The monoisotopic (exact) mass is 216 g/mol. The molecule has 0 amide bonds. The van der Waals surface area contributed by atoms with Crippen LogP contribution in [-0.4, -0.2) is 38.4 Å². The zero-order valence-corrected chi connectivity index (χ0v) is 9.98. The largest absolute Gasteiger partial charge is 0.492 e. The van der Waals surface area contributed by atoms with E-state index in [9.17, 15) is 0 Å². The quantitative estimate of drug-likeness (QED) is 0.692. The smallest absolute Gasteiger partial charge is 0.148 e. The number of rotatable bonds is 5. The van der Waals surface area contributed by atoms with Crippen LogP contribution in [0.15, 0.2) is 24.3 Å². The molecule has 16 heavy (non-hydrogen) atoms. The summed E-state index contributed by atoms with van der Waals surface area (Å²) in [6.07, 6.45) is 2.70. The van der Waals surface area contributed by atoms with Crippen LogP contribution in [0.25, 0.3) is 0 Å². The number of nitrogens with zero attached hydrogens (tertiary/aromatic N) is 1. The molecule has 0 aromatic heterocycles. The molecule has 1 aliphatic rings. The Morgan fingerprint density at radius 3 is 2.50 bits per heavy atom. The number of benzene rings is 1. The molecule has 1 aliphatic heterocycles. The SMILES string of the molecule is C[B]c1ccc(OCCN2CCCC2)cc1. The lowest BCUT2D eigenvalue weighted by atomic mass is 9.73. The summed E-state index contributed by atoms with van der Waals surface area (Å²) in [4.78, 5) is 2.47. The van der Waals surface area contributed by atoms with Gasteiger partial charge in [-0.1, -0.05) is 24.4 Å². The maximum atomic E-state index is 5.71. The highest BCUT2D eigenvalue weighted by Gasteiger charge is 2.10. The Morgan fingerprint density at radius 2 is 1.88 bits per heavy atom. The zero-order chi connectivity index (χ0) is 11.2. The lowest BCUT2D eigenvalue weighted by Crippen LogP contribution is -2.25. The minimum absolute atomic E-state index is 0.801. The summed E-state index contributed by atoms with van der Waals surface area (Å²) < 4.78 is 5.71. The number of hydrogen-bond donors (Lipinski definition) is 0. The minimum atomic E-state index is 0.801. The lowest BCUT2D eigenvalue weighted by molar-refractivity contribution is 0.238. The van der Waals surface area contributed by atoms with Crippen molar-refractivity contribution in [3.8, 4) is 5.75 Å². The van der Waals surface area contributed by atoms with E-state index in [1.165, 1.54) is 31.4 Å². The van der Waals surface area contributed by atoms with Crippen molar-refractivity contribution in [1.29, 1.82) is 0 Å². The normalized spacial score (nSPS) is 16.3. The molecule has 0 atom stereocenters. The van der Waals surface area contributed by atoms with E-state index in [0.29, 0.717) is 0 Å². The van der Waals surface area contributed by atoms with Crippen LogP contribution in [0.5, 0.6) is 5.75 Å². The maximum absolute atomic E-state index is 5.71. The van der Waals surface area contributed by atoms with Gasteiger partial charge < -0.3 is 4.74 Å². The Labute approximate surface area is 98.8 Å². The van der Waals surface area contributed by atoms with Crippen molar-refractivity contribution >= 4 is 12.7 Å². The van der Waals surface area contributed by atoms with Crippen LogP contribution < -0.4 is 10.2 Å². The summed E-state index contributed by atoms with van der Waals surface area (Å²) in [5.74, 6) is 0.977. The molecule has 0 N–H and O–H groups in total. The predicted octanol–water partition coefficient (Wildman–Crippen LogP) is 1.54. The van der Waals surface area contributed by atoms with Crippen molar-refractivity contribution in [2.24, 2.45) is 0 Å². The van der Waals surface area contributed by atoms with Gasteiger partial charge in [0.05, 0.1) is 0 Å². The van der Waals surface area contributed by atoms with E-state index >= 15 is 0 Å². The molecule has 0 saturated carbocycles. The molecule has 2 rings (SSSR count). The molecule has 3 heteroatoms. The first-order valence-corrected chi connectivity index (χ1v) is 6.13. The van der Waals surface area contributed by atoms with E-state index in [2.05, 4.69) is 24.3 Å². The highest BCUT2D eigenvalue weighted by molar-refractivity contribution is 6.51. The van der Waals surface area contributed by atoms with Gasteiger partial charge in [-0.2, -0.15) is 0 Å². The molecule has 0 spiro atoms. The van der Waals surface area contributed by atoms with Crippen LogP contribution in [0.4, 0.5) is 0 Å². The van der Waals surface area contributed by atoms with Crippen molar-refractivity contribution in [3.05, 3.63) is 24.3 Å². The molecule has 1 radical (unpaired) electrons. The topological polar surface area (TPSA) is 12.5 Å². The van der Waals surface area contributed by atoms with Crippen molar-refractivity contribution < 1.29 is 4.74 Å². The summed E-state index contributed by atoms with van der Waals surface area (Å²) in [5, 5.41) is 0. The molecule has 0 bridgehead atoms. The Morgan fingerprint density at radius 1 is 1.19 bits per heavy atom. The van der Waals surface area contributed by atoms with Crippen molar-refractivity contribution in [2.45, 2.75) is 19.7 Å². The first kappa shape index (κ1) is 11.5. The van der Waals surface area contributed by atoms with E-state index in [1.807, 2.05) is 19.0 Å². The molecule has 1 aromatic rings. The number of hydrogen-bond acceptors (Lipinski definition) is 2. The highest BCUT2D eigenvalue weighted by Crippen LogP contribution is 2.09. The van der Waals surface area contributed by atoms with Gasteiger partial charge in [0.1, 0.15) is 19.6 Å². The van der Waals surface area contributed by atoms with Gasteiger partial charge in [0, 0.05) is 6.54 Å². The molecule has 1 fully saturated rings. The third-order valence-electron chi connectivity index (χ3n) is 3.09. The Hall–Kier alpha value is -0.955. The summed E-state index contributed by atoms with van der Waals surface area (Å²) in [7, 11) is 2.09. The van der Waals surface area contributed by atoms with Crippen LogP contribution in [0.1, 0.15) is 12.8 Å². The van der Waals surface area contributed by atoms with Crippen LogP contribution in [-0.2, 0) is 0 Å². The third-order valence-corrected chi connectivity index (χ3v) is 3.09. The van der Waals surface area contributed by atoms with Gasteiger partial charge >= 0.3 is 0 Å². The van der Waals surface area contributed by atoms with E-state index in [0.717, 1.165) is 18.9 Å². The molecule has 1 aromatic carbocycles. The van der Waals surface area contributed by atoms with Crippen molar-refractivity contribution in [3.63, 3.8) is 0 Å². The van der Waals surface area contributed by atoms with Crippen LogP contribution in [0, 0.1) is 0 Å². The van der Waals surface area contributed by atoms with Crippen molar-refractivity contribution in [2.75, 3.05) is 26.2 Å². The average molecular weight is 216 g/mol. The van der Waals surface area contributed by atoms with Gasteiger partial charge in [-0.15, -0.1) is 0 Å². The Kier molecular flexibility index (Phi) is 4.29. The Balaban J connectivity index is 1.71. The second-order valence-corrected chi connectivity index (χ2v) is 4.25. The lowest BCUT2D eigenvalue weighted by Gasteiger charge is -2.14. The van der Waals surface area contributed by atoms with Crippen LogP contribution in [0.2, 0.25) is 6.82 Å². The second-order valence-electron chi connectivity index (χ2n) is 4.25. The van der Waals surface area contributed by atoms with Crippen molar-refractivity contribution in [1.82, 2.24) is 4.90 Å². The zero-order valence-electron chi connectivity index (χ0n) is 9.98. The van der Waals surface area contributed by atoms with E-state index in [4.69, 9.17) is 4.74 Å². The number of likely N-dealkylation sites (tertiary alicyclic amines) is 1. The third kappa shape index (κ3) is 3.27. The first-order valence-electron chi connectivity index (χ1n) is 6.13. The van der Waals surface area contributed by atoms with Gasteiger partial charge in [-0.25, -0.2) is 0 Å². The molecule has 0 unspecified atom stereocenters. The minimum Gasteiger partial charge on any atom is -0.492 e. The first-order chi connectivity index (χ1) is 7.88. The molecule has 1 heterocycles. The van der Waals surface area contributed by atoms with Gasteiger partial charge in [0.2, 0.25) is 0 Å². The van der Waals surface area contributed by atoms with Gasteiger partial charge in [0.15, 0.2) is 0 Å². The summed E-state index contributed by atoms with van der Waals surface area (Å²) >= 11 is 0. The summed E-state index contributed by atoms with van der Waals surface area (Å²) in [6, 6.07) is 8.26. The molecular formula is C13H19BNO. The summed E-state index contributed by atoms with van der Waals surface area (Å²) in [5.41, 5.74) is 1.24. The van der Waals surface area contributed by atoms with E-state index in [-0.39, 0.29) is 0 Å². The van der Waals surface area contributed by atoms with Crippen LogP contribution >= 0.6 is 0 Å². The van der Waals surface area contributed by atoms with Gasteiger partial charge in [-0.05, 0) is 38.1 Å². The molecule has 2 nitrogen and oxygen atoms in total. The van der Waals surface area contributed by atoms with Crippen LogP contribution in [0.3, 0.4) is 0 Å². The second kappa shape index (κ2) is 5.95. The van der Waals surface area contributed by atoms with Gasteiger partial charge in [-0.3, -0.25) is 4.90 Å². The van der Waals surface area contributed by atoms with Gasteiger partial charge in [0.25, 0.3) is 0 Å². The highest BCUT2D eigenvalue weighted by atomic mass is 16.5. The number of ether oxygens (including phenoxy) is 1. The maximum Gasteiger partial charge on any atom is 0.148 e. The molecular weight excluding hydrogens is 197 g/mol. The molecule has 85 valence electrons. The fourth-order valence-electron chi connectivity index (χ4n) is 2.06. The Bertz CT molecular complexity index is 306.